The summed E-state index contributed by atoms with van der Waals surface area (Å²) < 4.78 is 0. The summed E-state index contributed by atoms with van der Waals surface area (Å²) in [7, 11) is 0. The number of Topliss-reactive ketones (excluding diaryl/α,β-unsaturated/α-hetero) is 2. The summed E-state index contributed by atoms with van der Waals surface area (Å²) in [6.07, 6.45) is 15.1. The fraction of sp³-hybridized carbons (Fsp3) is 0.600. The summed E-state index contributed by atoms with van der Waals surface area (Å²) in [6.45, 7) is 7.31. The Morgan fingerprint density at radius 1 is 1.14 bits per heavy atom. The lowest BCUT2D eigenvalue weighted by atomic mass is 9.90. The predicted octanol–water partition coefficient (Wildman–Crippen LogP) is 7.06. The van der Waals surface area contributed by atoms with E-state index in [4.69, 9.17) is 4.98 Å². The number of piperidine rings is 1. The third-order valence-electron chi connectivity index (χ3n) is 9.80. The van der Waals surface area contributed by atoms with Crippen molar-refractivity contribution >= 4 is 23.5 Å². The Bertz CT molecular complexity index is 1290. The van der Waals surface area contributed by atoms with Gasteiger partial charge in [0, 0.05) is 30.7 Å². The van der Waals surface area contributed by atoms with Crippen LogP contribution in [0.15, 0.2) is 30.3 Å². The van der Waals surface area contributed by atoms with Crippen molar-refractivity contribution in [3.63, 3.8) is 0 Å². The first kappa shape index (κ1) is 30.4. The van der Waals surface area contributed by atoms with Crippen molar-refractivity contribution < 1.29 is 14.4 Å². The molecule has 2 N–H and O–H groups in total. The largest absolute Gasteiger partial charge is 0.347 e. The number of rotatable bonds is 11. The summed E-state index contributed by atoms with van der Waals surface area (Å²) in [5.74, 6) is 1.16. The zero-order valence-corrected chi connectivity index (χ0v) is 25.6. The van der Waals surface area contributed by atoms with Crippen molar-refractivity contribution in [2.24, 2.45) is 11.3 Å². The molecule has 7 heteroatoms. The molecular formula is C35H48N4O3. The van der Waals surface area contributed by atoms with Crippen molar-refractivity contribution in [1.82, 2.24) is 20.2 Å². The molecule has 2 aromatic rings. The Balaban J connectivity index is 1.39. The van der Waals surface area contributed by atoms with E-state index < -0.39 is 0 Å². The SMILES string of the molecule is CCC(=O)CCCCCC(NC(=O)[C@H]1CC12CCN(CC)CC2)c1[nH]c2nc1C(=O)CCCC/C=C\c1cccc-2c1. The average Bonchev–Trinajstić information content (AvgIpc) is 3.51. The molecule has 5 rings (SSSR count). The van der Waals surface area contributed by atoms with E-state index in [0.717, 1.165) is 94.2 Å². The lowest BCUT2D eigenvalue weighted by molar-refractivity contribution is -0.124. The van der Waals surface area contributed by atoms with E-state index in [0.29, 0.717) is 43.0 Å². The number of amides is 1. The van der Waals surface area contributed by atoms with Crippen molar-refractivity contribution in [1.29, 1.82) is 0 Å². The monoisotopic (exact) mass is 572 g/mol. The molecule has 1 saturated carbocycles. The Morgan fingerprint density at radius 3 is 2.76 bits per heavy atom. The molecule has 1 amide bonds. The number of ketones is 2. The number of aromatic nitrogens is 2. The van der Waals surface area contributed by atoms with E-state index in [1.54, 1.807) is 0 Å². The van der Waals surface area contributed by atoms with Crippen LogP contribution in [0, 0.1) is 11.3 Å². The van der Waals surface area contributed by atoms with E-state index in [-0.39, 0.29) is 29.1 Å². The van der Waals surface area contributed by atoms with Crippen LogP contribution in [-0.4, -0.2) is 52.0 Å². The standard InChI is InChI=1S/C35H48N4O3/c1-3-27(40)16-9-7-10-17-29(36-34(42)28-24-35(28)19-21-39(4-2)22-20-35)31-32-30(41)18-11-6-5-8-13-25-14-12-15-26(23-25)33(37-31)38-32/h8,12-15,23,28-29H,3-7,9-11,16-22,24H2,1-2H3,(H,36,42)(H,37,38)/b13-8-/t28-,29?/m1/s1. The van der Waals surface area contributed by atoms with Gasteiger partial charge in [0.15, 0.2) is 5.78 Å². The van der Waals surface area contributed by atoms with Gasteiger partial charge in [0.05, 0.1) is 11.7 Å². The van der Waals surface area contributed by atoms with Crippen LogP contribution in [0.4, 0.5) is 0 Å². The summed E-state index contributed by atoms with van der Waals surface area (Å²) in [5, 5.41) is 3.40. The first-order valence-electron chi connectivity index (χ1n) is 16.4. The molecule has 2 fully saturated rings. The average molecular weight is 573 g/mol. The minimum absolute atomic E-state index is 0.0366. The fourth-order valence-electron chi connectivity index (χ4n) is 6.83. The normalized spacial score (nSPS) is 21.6. The summed E-state index contributed by atoms with van der Waals surface area (Å²) in [6, 6.07) is 7.90. The summed E-state index contributed by atoms with van der Waals surface area (Å²) in [4.78, 5) is 50.0. The molecular weight excluding hydrogens is 524 g/mol. The number of imidazole rings is 1. The van der Waals surface area contributed by atoms with Gasteiger partial charge in [0.2, 0.25) is 5.91 Å². The maximum Gasteiger partial charge on any atom is 0.224 e. The molecule has 7 nitrogen and oxygen atoms in total. The number of benzene rings is 1. The molecule has 3 heterocycles. The molecule has 1 unspecified atom stereocenters. The highest BCUT2D eigenvalue weighted by Gasteiger charge is 2.58. The Morgan fingerprint density at radius 2 is 1.98 bits per heavy atom. The quantitative estimate of drug-likeness (QED) is 0.281. The molecule has 3 aliphatic rings. The van der Waals surface area contributed by atoms with Crippen LogP contribution in [-0.2, 0) is 9.59 Å². The smallest absolute Gasteiger partial charge is 0.224 e. The molecule has 1 spiro atoms. The summed E-state index contributed by atoms with van der Waals surface area (Å²) in [5.41, 5.74) is 3.39. The van der Waals surface area contributed by atoms with Gasteiger partial charge < -0.3 is 15.2 Å². The molecule has 42 heavy (non-hydrogen) atoms. The van der Waals surface area contributed by atoms with Crippen LogP contribution in [0.1, 0.15) is 125 Å². The molecule has 2 aliphatic heterocycles. The van der Waals surface area contributed by atoms with Gasteiger partial charge in [-0.2, -0.15) is 0 Å². The number of aromatic amines is 1. The van der Waals surface area contributed by atoms with Gasteiger partial charge in [-0.25, -0.2) is 4.98 Å². The zero-order valence-electron chi connectivity index (χ0n) is 25.6. The van der Waals surface area contributed by atoms with Gasteiger partial charge in [-0.3, -0.25) is 14.4 Å². The van der Waals surface area contributed by atoms with E-state index in [1.807, 2.05) is 19.1 Å². The number of hydrogen-bond acceptors (Lipinski definition) is 5. The first-order valence-corrected chi connectivity index (χ1v) is 16.4. The number of hydrogen-bond donors (Lipinski definition) is 2. The van der Waals surface area contributed by atoms with Crippen molar-refractivity contribution in [2.45, 2.75) is 103 Å². The predicted molar refractivity (Wildman–Crippen MR) is 167 cm³/mol. The maximum atomic E-state index is 13.8. The molecule has 4 bridgehead atoms. The highest BCUT2D eigenvalue weighted by molar-refractivity contribution is 5.96. The minimum atomic E-state index is -0.316. The Kier molecular flexibility index (Phi) is 10.1. The zero-order chi connectivity index (χ0) is 29.5. The number of H-pyrrole nitrogens is 1. The third kappa shape index (κ3) is 7.28. The van der Waals surface area contributed by atoms with Crippen LogP contribution in [0.2, 0.25) is 0 Å². The van der Waals surface area contributed by atoms with Crippen molar-refractivity contribution in [3.05, 3.63) is 47.3 Å². The van der Waals surface area contributed by atoms with Gasteiger partial charge in [-0.15, -0.1) is 0 Å². The van der Waals surface area contributed by atoms with Gasteiger partial charge in [-0.1, -0.05) is 57.0 Å². The minimum Gasteiger partial charge on any atom is -0.347 e. The van der Waals surface area contributed by atoms with E-state index in [2.05, 4.69) is 46.4 Å². The number of allylic oxidation sites excluding steroid dienone is 1. The van der Waals surface area contributed by atoms with Gasteiger partial charge in [0.25, 0.3) is 0 Å². The van der Waals surface area contributed by atoms with Gasteiger partial charge in [0.1, 0.15) is 17.3 Å². The number of nitrogens with zero attached hydrogens (tertiary/aromatic N) is 2. The molecule has 1 aliphatic carbocycles. The second-order valence-electron chi connectivity index (χ2n) is 12.7. The topological polar surface area (TPSA) is 95.2 Å². The maximum absolute atomic E-state index is 13.8. The van der Waals surface area contributed by atoms with Crippen LogP contribution in [0.25, 0.3) is 17.5 Å². The lowest BCUT2D eigenvalue weighted by Gasteiger charge is -2.32. The highest BCUT2D eigenvalue weighted by Crippen LogP contribution is 2.59. The number of fused-ring (bicyclic) bond motifs is 5. The van der Waals surface area contributed by atoms with Crippen molar-refractivity contribution in [3.8, 4) is 11.4 Å². The molecule has 2 atom stereocenters. The third-order valence-corrected chi connectivity index (χ3v) is 9.80. The van der Waals surface area contributed by atoms with Crippen LogP contribution >= 0.6 is 0 Å². The van der Waals surface area contributed by atoms with E-state index >= 15 is 0 Å². The molecule has 226 valence electrons. The van der Waals surface area contributed by atoms with Crippen LogP contribution in [0.5, 0.6) is 0 Å². The molecule has 1 saturated heterocycles. The van der Waals surface area contributed by atoms with E-state index in [9.17, 15) is 14.4 Å². The molecule has 0 radical (unpaired) electrons. The molecule has 1 aromatic carbocycles. The first-order chi connectivity index (χ1) is 20.4. The number of unbranched alkanes of at least 4 members (excludes halogenated alkanes) is 2. The Labute approximate surface area is 250 Å². The highest BCUT2D eigenvalue weighted by atomic mass is 16.2. The van der Waals surface area contributed by atoms with Gasteiger partial charge >= 0.3 is 0 Å². The number of carbonyl (C=O) groups is 3. The van der Waals surface area contributed by atoms with Crippen LogP contribution < -0.4 is 5.32 Å². The summed E-state index contributed by atoms with van der Waals surface area (Å²) >= 11 is 0. The second kappa shape index (κ2) is 13.9. The number of nitrogens with one attached hydrogen (secondary N) is 2. The van der Waals surface area contributed by atoms with Crippen LogP contribution in [0.3, 0.4) is 0 Å². The van der Waals surface area contributed by atoms with E-state index in [1.165, 1.54) is 0 Å². The van der Waals surface area contributed by atoms with Gasteiger partial charge in [-0.05, 0) is 88.0 Å². The molecule has 1 aromatic heterocycles. The Hall–Kier alpha value is -3.06. The lowest BCUT2D eigenvalue weighted by Crippen LogP contribution is -2.37. The van der Waals surface area contributed by atoms with Crippen molar-refractivity contribution in [2.75, 3.05) is 19.6 Å². The second-order valence-corrected chi connectivity index (χ2v) is 12.7. The fourth-order valence-corrected chi connectivity index (χ4v) is 6.83. The number of carbonyl (C=O) groups excluding carboxylic acids is 3. The number of likely N-dealkylation sites (tertiary alicyclic amines) is 1.